The van der Waals surface area contributed by atoms with E-state index in [1.807, 2.05) is 12.1 Å². The lowest BCUT2D eigenvalue weighted by Gasteiger charge is -2.24. The van der Waals surface area contributed by atoms with Crippen molar-refractivity contribution in [2.45, 2.75) is 33.8 Å². The molecule has 0 aliphatic heterocycles. The van der Waals surface area contributed by atoms with Crippen molar-refractivity contribution >= 4 is 5.82 Å². The third-order valence-electron chi connectivity index (χ3n) is 3.37. The molecule has 0 radical (unpaired) electrons. The van der Waals surface area contributed by atoms with Crippen molar-refractivity contribution in [3.05, 3.63) is 17.8 Å². The van der Waals surface area contributed by atoms with Crippen molar-refractivity contribution in [3.8, 4) is 0 Å². The number of aliphatic hydroxyl groups excluding tert-OH is 1. The molecule has 0 unspecified atom stereocenters. The van der Waals surface area contributed by atoms with E-state index >= 15 is 0 Å². The number of hydrogen-bond donors (Lipinski definition) is 1. The van der Waals surface area contributed by atoms with Crippen LogP contribution in [0.1, 0.15) is 32.9 Å². The van der Waals surface area contributed by atoms with Crippen LogP contribution in [-0.4, -0.2) is 52.9 Å². The van der Waals surface area contributed by atoms with Crippen LogP contribution in [0.15, 0.2) is 12.1 Å². The lowest BCUT2D eigenvalue weighted by molar-refractivity contribution is 0.275. The van der Waals surface area contributed by atoms with Crippen molar-refractivity contribution < 1.29 is 5.11 Å². The monoisotopic (exact) mass is 266 g/mol. The molecule has 5 nitrogen and oxygen atoms in total. The van der Waals surface area contributed by atoms with Gasteiger partial charge in [-0.3, -0.25) is 0 Å². The Kier molecular flexibility index (Phi) is 7.36. The highest BCUT2D eigenvalue weighted by atomic mass is 16.3. The summed E-state index contributed by atoms with van der Waals surface area (Å²) in [5.41, 5.74) is 0.614. The van der Waals surface area contributed by atoms with E-state index in [0.717, 1.165) is 45.0 Å². The Hall–Kier alpha value is -1.20. The van der Waals surface area contributed by atoms with Crippen molar-refractivity contribution in [1.29, 1.82) is 0 Å². The Bertz CT molecular complexity index is 338. The van der Waals surface area contributed by atoms with Gasteiger partial charge in [-0.25, -0.2) is 0 Å². The topological polar surface area (TPSA) is 52.5 Å². The molecule has 19 heavy (non-hydrogen) atoms. The maximum Gasteiger partial charge on any atom is 0.151 e. The summed E-state index contributed by atoms with van der Waals surface area (Å²) in [7, 11) is 0. The molecule has 0 bridgehead atoms. The molecule has 0 spiro atoms. The number of anilines is 1. The molecule has 1 N–H and O–H groups in total. The van der Waals surface area contributed by atoms with Crippen molar-refractivity contribution in [2.75, 3.05) is 37.6 Å². The highest BCUT2D eigenvalue weighted by Gasteiger charge is 2.07. The third kappa shape index (κ3) is 5.12. The number of rotatable bonds is 9. The van der Waals surface area contributed by atoms with Crippen LogP contribution < -0.4 is 4.90 Å². The molecule has 0 amide bonds. The maximum atomic E-state index is 8.96. The fraction of sp³-hybridized carbons (Fsp3) is 0.714. The van der Waals surface area contributed by atoms with Gasteiger partial charge in [-0.05, 0) is 45.1 Å². The molecule has 0 saturated heterocycles. The van der Waals surface area contributed by atoms with E-state index in [1.165, 1.54) is 0 Å². The zero-order valence-electron chi connectivity index (χ0n) is 12.3. The van der Waals surface area contributed by atoms with Crippen LogP contribution in [0.4, 0.5) is 5.82 Å². The molecule has 0 aliphatic rings. The average Bonchev–Trinajstić information content (AvgIpc) is 2.48. The van der Waals surface area contributed by atoms with E-state index in [9.17, 15) is 0 Å². The van der Waals surface area contributed by atoms with Gasteiger partial charge in [0.15, 0.2) is 5.82 Å². The normalized spacial score (nSPS) is 11.0. The molecule has 1 rings (SSSR count). The van der Waals surface area contributed by atoms with Gasteiger partial charge in [0.05, 0.1) is 12.3 Å². The smallest absolute Gasteiger partial charge is 0.151 e. The second-order valence-electron chi connectivity index (χ2n) is 4.50. The number of hydrogen-bond acceptors (Lipinski definition) is 5. The van der Waals surface area contributed by atoms with Crippen LogP contribution in [0.25, 0.3) is 0 Å². The Morgan fingerprint density at radius 2 is 1.74 bits per heavy atom. The first-order chi connectivity index (χ1) is 9.24. The van der Waals surface area contributed by atoms with Crippen LogP contribution in [0.3, 0.4) is 0 Å². The minimum absolute atomic E-state index is 0.0542. The van der Waals surface area contributed by atoms with Crippen LogP contribution >= 0.6 is 0 Å². The zero-order valence-corrected chi connectivity index (χ0v) is 12.3. The van der Waals surface area contributed by atoms with Crippen LogP contribution in [0.2, 0.25) is 0 Å². The van der Waals surface area contributed by atoms with Gasteiger partial charge in [0.25, 0.3) is 0 Å². The SMILES string of the molecule is CCN(CC)CCCN(CC)c1ccc(CO)nn1. The minimum atomic E-state index is -0.0542. The van der Waals surface area contributed by atoms with Gasteiger partial charge in [-0.2, -0.15) is 5.10 Å². The van der Waals surface area contributed by atoms with Crippen molar-refractivity contribution in [2.24, 2.45) is 0 Å². The fourth-order valence-corrected chi connectivity index (χ4v) is 2.07. The summed E-state index contributed by atoms with van der Waals surface area (Å²) < 4.78 is 0. The first-order valence-electron chi connectivity index (χ1n) is 7.15. The number of nitrogens with zero attached hydrogens (tertiary/aromatic N) is 4. The van der Waals surface area contributed by atoms with Gasteiger partial charge in [-0.1, -0.05) is 13.8 Å². The van der Waals surface area contributed by atoms with Gasteiger partial charge in [0, 0.05) is 13.1 Å². The molecule has 1 heterocycles. The maximum absolute atomic E-state index is 8.96. The molecule has 1 aromatic heterocycles. The lowest BCUT2D eigenvalue weighted by atomic mass is 10.3. The molecule has 0 atom stereocenters. The summed E-state index contributed by atoms with van der Waals surface area (Å²) in [4.78, 5) is 4.64. The van der Waals surface area contributed by atoms with Crippen LogP contribution in [-0.2, 0) is 6.61 Å². The van der Waals surface area contributed by atoms with Gasteiger partial charge in [0.2, 0.25) is 0 Å². The Morgan fingerprint density at radius 1 is 1.00 bits per heavy atom. The molecule has 5 heteroatoms. The van der Waals surface area contributed by atoms with E-state index in [1.54, 1.807) is 0 Å². The fourth-order valence-electron chi connectivity index (χ4n) is 2.07. The first-order valence-corrected chi connectivity index (χ1v) is 7.15. The van der Waals surface area contributed by atoms with Crippen LogP contribution in [0, 0.1) is 0 Å². The molecular formula is C14H26N4O. The highest BCUT2D eigenvalue weighted by Crippen LogP contribution is 2.10. The Labute approximate surface area is 116 Å². The Morgan fingerprint density at radius 3 is 2.21 bits per heavy atom. The molecule has 0 aliphatic carbocycles. The lowest BCUT2D eigenvalue weighted by Crippen LogP contribution is -2.30. The summed E-state index contributed by atoms with van der Waals surface area (Å²) >= 11 is 0. The largest absolute Gasteiger partial charge is 0.390 e. The summed E-state index contributed by atoms with van der Waals surface area (Å²) in [6, 6.07) is 3.76. The molecule has 1 aromatic rings. The van der Waals surface area contributed by atoms with E-state index in [2.05, 4.69) is 40.8 Å². The average molecular weight is 266 g/mol. The van der Waals surface area contributed by atoms with Gasteiger partial charge in [0.1, 0.15) is 0 Å². The second kappa shape index (κ2) is 8.82. The molecule has 0 aromatic carbocycles. The molecule has 108 valence electrons. The van der Waals surface area contributed by atoms with E-state index in [-0.39, 0.29) is 6.61 Å². The predicted molar refractivity (Wildman–Crippen MR) is 78.2 cm³/mol. The zero-order chi connectivity index (χ0) is 14.1. The summed E-state index contributed by atoms with van der Waals surface area (Å²) in [5, 5.41) is 17.1. The summed E-state index contributed by atoms with van der Waals surface area (Å²) in [5.74, 6) is 0.888. The van der Waals surface area contributed by atoms with Gasteiger partial charge >= 0.3 is 0 Å². The molecule has 0 saturated carbocycles. The first kappa shape index (κ1) is 15.9. The number of aliphatic hydroxyl groups is 1. The number of aromatic nitrogens is 2. The van der Waals surface area contributed by atoms with Gasteiger partial charge in [-0.15, -0.1) is 5.10 Å². The molecular weight excluding hydrogens is 240 g/mol. The Balaban J connectivity index is 2.48. The van der Waals surface area contributed by atoms with Crippen molar-refractivity contribution in [3.63, 3.8) is 0 Å². The quantitative estimate of drug-likeness (QED) is 0.734. The summed E-state index contributed by atoms with van der Waals surface area (Å²) in [6.45, 7) is 11.7. The molecule has 0 fully saturated rings. The summed E-state index contributed by atoms with van der Waals surface area (Å²) in [6.07, 6.45) is 1.12. The van der Waals surface area contributed by atoms with Crippen molar-refractivity contribution in [1.82, 2.24) is 15.1 Å². The third-order valence-corrected chi connectivity index (χ3v) is 3.37. The van der Waals surface area contributed by atoms with Crippen LogP contribution in [0.5, 0.6) is 0 Å². The second-order valence-corrected chi connectivity index (χ2v) is 4.50. The van der Waals surface area contributed by atoms with E-state index in [4.69, 9.17) is 5.11 Å². The van der Waals surface area contributed by atoms with Gasteiger partial charge < -0.3 is 14.9 Å². The van der Waals surface area contributed by atoms with E-state index in [0.29, 0.717) is 5.69 Å². The predicted octanol–water partition coefficient (Wildman–Crippen LogP) is 1.53. The minimum Gasteiger partial charge on any atom is -0.390 e. The highest BCUT2D eigenvalue weighted by molar-refractivity contribution is 5.36. The standard InChI is InChI=1S/C14H26N4O/c1-4-17(5-2)10-7-11-18(6-3)14-9-8-13(12-19)15-16-14/h8-9,19H,4-7,10-12H2,1-3H3. The van der Waals surface area contributed by atoms with E-state index < -0.39 is 0 Å².